The number of hydrogen-bond donors (Lipinski definition) is 0. The fraction of sp³-hybridized carbons (Fsp3) is 0.400. The molecule has 0 bridgehead atoms. The lowest BCUT2D eigenvalue weighted by atomic mass is 10.1. The third-order valence-electron chi connectivity index (χ3n) is 1.81. The van der Waals surface area contributed by atoms with Gasteiger partial charge >= 0.3 is 6.54 Å². The van der Waals surface area contributed by atoms with E-state index < -0.39 is 0 Å². The van der Waals surface area contributed by atoms with Crippen LogP contribution in [0, 0.1) is 5.39 Å². The van der Waals surface area contributed by atoms with Gasteiger partial charge in [-0.15, -0.1) is 0 Å². The van der Waals surface area contributed by atoms with Crippen LogP contribution in [0.25, 0.3) is 4.98 Å². The Bertz CT molecular complexity index is 269. The highest BCUT2D eigenvalue weighted by Gasteiger charge is 1.98. The molecule has 2 heteroatoms. The largest absolute Gasteiger partial charge is 0.330 e. The highest BCUT2D eigenvalue weighted by molar-refractivity contribution is 5.23. The summed E-state index contributed by atoms with van der Waals surface area (Å²) in [6.07, 6.45) is 2.29. The number of benzene rings is 1. The first kappa shape index (κ1) is 8.73. The van der Waals surface area contributed by atoms with E-state index in [1.807, 2.05) is 12.1 Å². The fourth-order valence-electron chi connectivity index (χ4n) is 1.18. The molecule has 2 nitrogen and oxygen atoms in total. The Hall–Kier alpha value is -1.36. The summed E-state index contributed by atoms with van der Waals surface area (Å²) in [5.74, 6) is 0. The van der Waals surface area contributed by atoms with Crippen molar-refractivity contribution in [3.8, 4) is 0 Å². The van der Waals surface area contributed by atoms with Gasteiger partial charge in [-0.3, -0.25) is 0 Å². The molecule has 0 aliphatic carbocycles. The Labute approximate surface area is 72.9 Å². The zero-order chi connectivity index (χ0) is 8.81. The molecule has 0 fully saturated rings. The first-order valence-electron chi connectivity index (χ1n) is 4.25. The van der Waals surface area contributed by atoms with Crippen molar-refractivity contribution in [3.05, 3.63) is 40.4 Å². The van der Waals surface area contributed by atoms with E-state index in [0.29, 0.717) is 6.54 Å². The SMILES string of the molecule is CCCc1ccc(C[N+]#N)cc1. The van der Waals surface area contributed by atoms with Gasteiger partial charge in [-0.1, -0.05) is 37.6 Å². The van der Waals surface area contributed by atoms with Crippen LogP contribution in [0.5, 0.6) is 0 Å². The quantitative estimate of drug-likeness (QED) is 0.626. The first-order valence-corrected chi connectivity index (χ1v) is 4.25. The van der Waals surface area contributed by atoms with Crippen molar-refractivity contribution in [1.29, 1.82) is 5.39 Å². The van der Waals surface area contributed by atoms with E-state index >= 15 is 0 Å². The number of diazo groups is 1. The minimum absolute atomic E-state index is 0.395. The van der Waals surface area contributed by atoms with Crippen molar-refractivity contribution in [1.82, 2.24) is 0 Å². The van der Waals surface area contributed by atoms with Crippen molar-refractivity contribution in [2.75, 3.05) is 0 Å². The second-order valence-corrected chi connectivity index (χ2v) is 2.87. The van der Waals surface area contributed by atoms with E-state index in [4.69, 9.17) is 5.39 Å². The smallest absolute Gasteiger partial charge is 0.0651 e. The predicted octanol–water partition coefficient (Wildman–Crippen LogP) is 2.99. The van der Waals surface area contributed by atoms with Crippen LogP contribution in [0.4, 0.5) is 0 Å². The van der Waals surface area contributed by atoms with Gasteiger partial charge in [0.1, 0.15) is 4.98 Å². The van der Waals surface area contributed by atoms with Crippen LogP contribution in [-0.4, -0.2) is 0 Å². The summed E-state index contributed by atoms with van der Waals surface area (Å²) in [6.45, 7) is 2.56. The van der Waals surface area contributed by atoms with Gasteiger partial charge in [-0.05, 0) is 12.0 Å². The Morgan fingerprint density at radius 3 is 2.25 bits per heavy atom. The average molecular weight is 161 g/mol. The zero-order valence-corrected chi connectivity index (χ0v) is 7.33. The molecule has 1 aromatic rings. The molecule has 62 valence electrons. The molecule has 12 heavy (non-hydrogen) atoms. The Morgan fingerprint density at radius 2 is 1.75 bits per heavy atom. The minimum atomic E-state index is 0.395. The highest BCUT2D eigenvalue weighted by Crippen LogP contribution is 2.07. The fourth-order valence-corrected chi connectivity index (χ4v) is 1.18. The average Bonchev–Trinajstić information content (AvgIpc) is 2.09. The molecule has 1 rings (SSSR count). The number of hydrogen-bond acceptors (Lipinski definition) is 1. The molecule has 0 atom stereocenters. The van der Waals surface area contributed by atoms with Gasteiger partial charge in [0.15, 0.2) is 0 Å². The third kappa shape index (κ3) is 2.35. The predicted molar refractivity (Wildman–Crippen MR) is 49.2 cm³/mol. The van der Waals surface area contributed by atoms with Crippen molar-refractivity contribution < 1.29 is 0 Å². The summed E-state index contributed by atoms with van der Waals surface area (Å²) < 4.78 is 0. The number of rotatable bonds is 3. The molecular formula is C10H13N2+. The second-order valence-electron chi connectivity index (χ2n) is 2.87. The van der Waals surface area contributed by atoms with Crippen LogP contribution >= 0.6 is 0 Å². The van der Waals surface area contributed by atoms with E-state index in [-0.39, 0.29) is 0 Å². The number of nitrogens with zero attached hydrogens (tertiary/aromatic N) is 2. The monoisotopic (exact) mass is 161 g/mol. The van der Waals surface area contributed by atoms with Crippen LogP contribution in [0.15, 0.2) is 24.3 Å². The van der Waals surface area contributed by atoms with Crippen LogP contribution in [0.2, 0.25) is 0 Å². The first-order chi connectivity index (χ1) is 5.86. The van der Waals surface area contributed by atoms with E-state index in [1.54, 1.807) is 0 Å². The lowest BCUT2D eigenvalue weighted by molar-refractivity contribution is 0.920. The van der Waals surface area contributed by atoms with Gasteiger partial charge in [0.25, 0.3) is 0 Å². The summed E-state index contributed by atoms with van der Waals surface area (Å²) in [5.41, 5.74) is 2.40. The van der Waals surface area contributed by atoms with Crippen molar-refractivity contribution >= 4 is 0 Å². The van der Waals surface area contributed by atoms with E-state index in [0.717, 1.165) is 12.0 Å². The van der Waals surface area contributed by atoms with Crippen molar-refractivity contribution in [2.45, 2.75) is 26.3 Å². The van der Waals surface area contributed by atoms with Crippen LogP contribution in [-0.2, 0) is 13.0 Å². The van der Waals surface area contributed by atoms with Gasteiger partial charge < -0.3 is 0 Å². The topological polar surface area (TPSA) is 28.1 Å². The third-order valence-corrected chi connectivity index (χ3v) is 1.81. The maximum Gasteiger partial charge on any atom is 0.330 e. The van der Waals surface area contributed by atoms with E-state index in [9.17, 15) is 0 Å². The molecule has 0 saturated carbocycles. The molecule has 0 aliphatic rings. The maximum absolute atomic E-state index is 8.32. The minimum Gasteiger partial charge on any atom is -0.0651 e. The van der Waals surface area contributed by atoms with Gasteiger partial charge in [0.05, 0.1) is 0 Å². The van der Waals surface area contributed by atoms with Gasteiger partial charge in [0.2, 0.25) is 5.39 Å². The molecule has 0 unspecified atom stereocenters. The van der Waals surface area contributed by atoms with Gasteiger partial charge in [0, 0.05) is 5.56 Å². The molecule has 0 amide bonds. The Morgan fingerprint density at radius 1 is 1.17 bits per heavy atom. The van der Waals surface area contributed by atoms with Crippen molar-refractivity contribution in [3.63, 3.8) is 0 Å². The molecule has 0 heterocycles. The second kappa shape index (κ2) is 4.50. The lowest BCUT2D eigenvalue weighted by Crippen LogP contribution is -1.84. The maximum atomic E-state index is 8.32. The van der Waals surface area contributed by atoms with E-state index in [1.165, 1.54) is 12.0 Å². The summed E-state index contributed by atoms with van der Waals surface area (Å²) in [5, 5.41) is 8.32. The van der Waals surface area contributed by atoms with Gasteiger partial charge in [-0.2, -0.15) is 0 Å². The standard InChI is InChI=1S/C10H13N2/c1-2-3-9-4-6-10(7-5-9)8-12-11/h4-7H,2-3,8H2,1H3/q+1. The summed E-state index contributed by atoms with van der Waals surface area (Å²) >= 11 is 0. The molecule has 0 aliphatic heterocycles. The van der Waals surface area contributed by atoms with Crippen LogP contribution in [0.1, 0.15) is 24.5 Å². The summed E-state index contributed by atoms with van der Waals surface area (Å²) in [6, 6.07) is 8.18. The van der Waals surface area contributed by atoms with Gasteiger partial charge in [-0.25, -0.2) is 0 Å². The van der Waals surface area contributed by atoms with Crippen molar-refractivity contribution in [2.24, 2.45) is 0 Å². The molecule has 0 saturated heterocycles. The molecule has 1 aromatic carbocycles. The normalized spacial score (nSPS) is 9.33. The summed E-state index contributed by atoms with van der Waals surface area (Å²) in [4.78, 5) is 3.08. The molecule has 0 radical (unpaired) electrons. The summed E-state index contributed by atoms with van der Waals surface area (Å²) in [7, 11) is 0. The Balaban J connectivity index is 2.66. The van der Waals surface area contributed by atoms with Crippen LogP contribution in [0.3, 0.4) is 0 Å². The molecular weight excluding hydrogens is 148 g/mol. The van der Waals surface area contributed by atoms with Crippen LogP contribution < -0.4 is 0 Å². The number of aryl methyl sites for hydroxylation is 1. The Kier molecular flexibility index (Phi) is 3.28. The lowest BCUT2D eigenvalue weighted by Gasteiger charge is -1.96. The van der Waals surface area contributed by atoms with E-state index in [2.05, 4.69) is 24.0 Å². The molecule has 0 aromatic heterocycles. The highest BCUT2D eigenvalue weighted by atomic mass is 14.8. The molecule has 0 N–H and O–H groups in total. The zero-order valence-electron chi connectivity index (χ0n) is 7.33. The molecule has 0 spiro atoms.